The third-order valence-electron chi connectivity index (χ3n) is 3.74. The molecule has 2 aliphatic rings. The van der Waals surface area contributed by atoms with E-state index in [-0.39, 0.29) is 5.91 Å². The maximum atomic E-state index is 12.2. The van der Waals surface area contributed by atoms with Crippen molar-refractivity contribution in [1.82, 2.24) is 4.90 Å². The van der Waals surface area contributed by atoms with Crippen LogP contribution in [-0.4, -0.2) is 35.7 Å². The summed E-state index contributed by atoms with van der Waals surface area (Å²) < 4.78 is 5.61. The maximum Gasteiger partial charge on any atom is 0.286 e. The van der Waals surface area contributed by atoms with E-state index in [0.717, 1.165) is 29.6 Å². The van der Waals surface area contributed by atoms with Crippen molar-refractivity contribution in [2.45, 2.75) is 26.2 Å². The van der Waals surface area contributed by atoms with Crippen LogP contribution in [0.1, 0.15) is 31.7 Å². The van der Waals surface area contributed by atoms with Gasteiger partial charge >= 0.3 is 0 Å². The highest BCUT2D eigenvalue weighted by molar-refractivity contribution is 8.18. The number of benzene rings is 1. The lowest BCUT2D eigenvalue weighted by Gasteiger charge is -2.27. The fourth-order valence-corrected chi connectivity index (χ4v) is 3.60. The molecule has 0 aromatic heterocycles. The molecule has 1 aromatic rings. The number of piperidine rings is 1. The van der Waals surface area contributed by atoms with E-state index in [9.17, 15) is 4.79 Å². The summed E-state index contributed by atoms with van der Waals surface area (Å²) in [6.07, 6.45) is 5.52. The number of ether oxygens (including phenoxy) is 1. The fraction of sp³-hybridized carbons (Fsp3) is 0.412. The van der Waals surface area contributed by atoms with Gasteiger partial charge < -0.3 is 9.64 Å². The summed E-state index contributed by atoms with van der Waals surface area (Å²) in [6, 6.07) is 7.77. The lowest BCUT2D eigenvalue weighted by atomic mass is 10.1. The third-order valence-corrected chi connectivity index (χ3v) is 4.79. The number of hydrogen-bond donors (Lipinski definition) is 0. The number of carbonyl (C=O) groups is 1. The van der Waals surface area contributed by atoms with Gasteiger partial charge in [-0.1, -0.05) is 18.2 Å². The number of nitrogens with zero attached hydrogens (tertiary/aromatic N) is 2. The van der Waals surface area contributed by atoms with Crippen LogP contribution in [0, 0.1) is 0 Å². The topological polar surface area (TPSA) is 41.9 Å². The van der Waals surface area contributed by atoms with E-state index in [0.29, 0.717) is 11.5 Å². The Labute approximate surface area is 135 Å². The third kappa shape index (κ3) is 3.35. The Morgan fingerprint density at radius 2 is 2.05 bits per heavy atom. The molecule has 1 aromatic carbocycles. The van der Waals surface area contributed by atoms with Gasteiger partial charge in [-0.3, -0.25) is 4.79 Å². The van der Waals surface area contributed by atoms with Gasteiger partial charge in [0.1, 0.15) is 5.75 Å². The van der Waals surface area contributed by atoms with Crippen LogP contribution in [0.2, 0.25) is 0 Å². The number of likely N-dealkylation sites (tertiary alicyclic amines) is 1. The van der Waals surface area contributed by atoms with E-state index in [1.54, 1.807) is 0 Å². The van der Waals surface area contributed by atoms with Gasteiger partial charge in [-0.05, 0) is 50.1 Å². The van der Waals surface area contributed by atoms with Crippen LogP contribution in [-0.2, 0) is 4.79 Å². The van der Waals surface area contributed by atoms with Gasteiger partial charge in [0.2, 0.25) is 0 Å². The van der Waals surface area contributed by atoms with Gasteiger partial charge in [-0.2, -0.15) is 4.99 Å². The van der Waals surface area contributed by atoms with Crippen molar-refractivity contribution in [2.75, 3.05) is 19.7 Å². The van der Waals surface area contributed by atoms with Gasteiger partial charge in [0, 0.05) is 18.7 Å². The summed E-state index contributed by atoms with van der Waals surface area (Å²) in [7, 11) is 0. The fourth-order valence-electron chi connectivity index (χ4n) is 2.65. The molecule has 4 nitrogen and oxygen atoms in total. The Balaban J connectivity index is 1.78. The normalized spacial score (nSPS) is 20.4. The predicted molar refractivity (Wildman–Crippen MR) is 91.0 cm³/mol. The Morgan fingerprint density at radius 1 is 1.27 bits per heavy atom. The highest BCUT2D eigenvalue weighted by Crippen LogP contribution is 2.33. The molecular weight excluding hydrogens is 296 g/mol. The van der Waals surface area contributed by atoms with Crippen molar-refractivity contribution in [3.8, 4) is 5.75 Å². The summed E-state index contributed by atoms with van der Waals surface area (Å²) >= 11 is 1.48. The molecule has 0 bridgehead atoms. The van der Waals surface area contributed by atoms with Gasteiger partial charge in [0.05, 0.1) is 11.5 Å². The van der Waals surface area contributed by atoms with Gasteiger partial charge in [0.15, 0.2) is 5.17 Å². The smallest absolute Gasteiger partial charge is 0.286 e. The Kier molecular flexibility index (Phi) is 4.83. The van der Waals surface area contributed by atoms with Crippen LogP contribution in [0.4, 0.5) is 0 Å². The van der Waals surface area contributed by atoms with Crippen LogP contribution in [0.3, 0.4) is 0 Å². The molecular formula is C17H20N2O2S. The van der Waals surface area contributed by atoms with E-state index < -0.39 is 0 Å². The molecule has 1 saturated heterocycles. The number of thioether (sulfide) groups is 1. The molecule has 2 heterocycles. The minimum Gasteiger partial charge on any atom is -0.493 e. The van der Waals surface area contributed by atoms with Gasteiger partial charge in [0.25, 0.3) is 5.91 Å². The van der Waals surface area contributed by atoms with Crippen LogP contribution in [0.25, 0.3) is 6.08 Å². The monoisotopic (exact) mass is 316 g/mol. The first-order valence-electron chi connectivity index (χ1n) is 7.77. The molecule has 22 heavy (non-hydrogen) atoms. The average Bonchev–Trinajstić information content (AvgIpc) is 2.91. The van der Waals surface area contributed by atoms with Crippen LogP contribution in [0.5, 0.6) is 5.75 Å². The zero-order valence-electron chi connectivity index (χ0n) is 12.7. The second kappa shape index (κ2) is 7.01. The van der Waals surface area contributed by atoms with Crippen molar-refractivity contribution in [2.24, 2.45) is 4.99 Å². The molecule has 0 N–H and O–H groups in total. The van der Waals surface area contributed by atoms with Crippen LogP contribution < -0.4 is 4.74 Å². The summed E-state index contributed by atoms with van der Waals surface area (Å²) in [5.41, 5.74) is 0.926. The van der Waals surface area contributed by atoms with Gasteiger partial charge in [-0.25, -0.2) is 0 Å². The number of carbonyl (C=O) groups excluding carboxylic acids is 1. The number of rotatable bonds is 3. The molecule has 0 unspecified atom stereocenters. The molecule has 0 spiro atoms. The van der Waals surface area contributed by atoms with Crippen molar-refractivity contribution in [3.63, 3.8) is 0 Å². The maximum absolute atomic E-state index is 12.2. The molecule has 1 fully saturated rings. The SMILES string of the molecule is CCOc1ccccc1/C=C1/SC(N2CCCCC2)=NC1=O. The van der Waals surface area contributed by atoms with Crippen molar-refractivity contribution in [3.05, 3.63) is 34.7 Å². The molecule has 0 radical (unpaired) electrons. The Bertz CT molecular complexity index is 619. The predicted octanol–water partition coefficient (Wildman–Crippen LogP) is 3.54. The van der Waals surface area contributed by atoms with E-state index in [1.165, 1.54) is 31.0 Å². The van der Waals surface area contributed by atoms with E-state index in [4.69, 9.17) is 4.74 Å². The Hall–Kier alpha value is -1.75. The molecule has 5 heteroatoms. The number of amides is 1. The molecule has 2 aliphatic heterocycles. The number of hydrogen-bond acceptors (Lipinski definition) is 4. The molecule has 1 amide bonds. The first kappa shape index (κ1) is 15.2. The average molecular weight is 316 g/mol. The second-order valence-electron chi connectivity index (χ2n) is 5.33. The Morgan fingerprint density at radius 3 is 2.82 bits per heavy atom. The summed E-state index contributed by atoms with van der Waals surface area (Å²) in [5.74, 6) is 0.661. The number of para-hydroxylation sites is 1. The summed E-state index contributed by atoms with van der Waals surface area (Å²) in [5, 5.41) is 0.852. The van der Waals surface area contributed by atoms with Crippen molar-refractivity contribution in [1.29, 1.82) is 0 Å². The quantitative estimate of drug-likeness (QED) is 0.800. The minimum absolute atomic E-state index is 0.142. The first-order valence-corrected chi connectivity index (χ1v) is 8.59. The van der Waals surface area contributed by atoms with Crippen molar-refractivity contribution < 1.29 is 9.53 Å². The van der Waals surface area contributed by atoms with E-state index in [1.807, 2.05) is 37.3 Å². The van der Waals surface area contributed by atoms with Crippen LogP contribution >= 0.6 is 11.8 Å². The highest BCUT2D eigenvalue weighted by atomic mass is 32.2. The molecule has 0 atom stereocenters. The minimum atomic E-state index is -0.142. The van der Waals surface area contributed by atoms with E-state index >= 15 is 0 Å². The first-order chi connectivity index (χ1) is 10.8. The number of aliphatic imine (C=N–C) groups is 1. The molecule has 116 valence electrons. The lowest BCUT2D eigenvalue weighted by Crippen LogP contribution is -2.33. The number of amidine groups is 1. The standard InChI is InChI=1S/C17H20N2O2S/c1-2-21-14-9-5-4-8-13(14)12-15-16(20)18-17(22-15)19-10-6-3-7-11-19/h4-5,8-9,12H,2-3,6-7,10-11H2,1H3/b15-12+. The van der Waals surface area contributed by atoms with Crippen LogP contribution in [0.15, 0.2) is 34.2 Å². The zero-order chi connectivity index (χ0) is 15.4. The lowest BCUT2D eigenvalue weighted by molar-refractivity contribution is -0.113. The van der Waals surface area contributed by atoms with Crippen molar-refractivity contribution >= 4 is 28.9 Å². The second-order valence-corrected chi connectivity index (χ2v) is 6.34. The molecule has 0 aliphatic carbocycles. The largest absolute Gasteiger partial charge is 0.493 e. The van der Waals surface area contributed by atoms with Gasteiger partial charge in [-0.15, -0.1) is 0 Å². The summed E-state index contributed by atoms with van der Waals surface area (Å²) in [6.45, 7) is 4.57. The highest BCUT2D eigenvalue weighted by Gasteiger charge is 2.27. The molecule has 3 rings (SSSR count). The molecule has 0 saturated carbocycles. The zero-order valence-corrected chi connectivity index (χ0v) is 13.6. The summed E-state index contributed by atoms with van der Waals surface area (Å²) in [4.78, 5) is 19.3. The van der Waals surface area contributed by atoms with E-state index in [2.05, 4.69) is 9.89 Å².